The topological polar surface area (TPSA) is 29.1 Å². The van der Waals surface area contributed by atoms with E-state index >= 15 is 0 Å². The monoisotopic (exact) mass is 243 g/mol. The number of benzene rings is 1. The lowest BCUT2D eigenvalue weighted by Gasteiger charge is -2.14. The smallest absolute Gasteiger partial charge is 0.388 e. The SMILES string of the molecule is C=Cc1cc(C(F)(F)F)cc(NC)c1C(C)=O. The third kappa shape index (κ3) is 2.67. The van der Waals surface area contributed by atoms with Gasteiger partial charge in [0, 0.05) is 18.3 Å². The molecule has 5 heteroatoms. The summed E-state index contributed by atoms with van der Waals surface area (Å²) < 4.78 is 37.8. The highest BCUT2D eigenvalue weighted by Gasteiger charge is 2.32. The number of hydrogen-bond acceptors (Lipinski definition) is 2. The maximum absolute atomic E-state index is 12.6. The molecule has 1 rings (SSSR count). The molecule has 17 heavy (non-hydrogen) atoms. The molecular weight excluding hydrogens is 231 g/mol. The quantitative estimate of drug-likeness (QED) is 0.822. The van der Waals surface area contributed by atoms with Gasteiger partial charge in [0.1, 0.15) is 0 Å². The molecule has 0 saturated carbocycles. The maximum atomic E-state index is 12.6. The van der Waals surface area contributed by atoms with E-state index in [4.69, 9.17) is 0 Å². The number of carbonyl (C=O) groups excluding carboxylic acids is 1. The fraction of sp³-hybridized carbons (Fsp3) is 0.250. The van der Waals surface area contributed by atoms with Gasteiger partial charge in [0.2, 0.25) is 0 Å². The van der Waals surface area contributed by atoms with Gasteiger partial charge in [-0.25, -0.2) is 0 Å². The number of rotatable bonds is 3. The molecular formula is C12H12F3NO. The van der Waals surface area contributed by atoms with E-state index in [0.717, 1.165) is 12.1 Å². The van der Waals surface area contributed by atoms with Crippen molar-refractivity contribution in [1.29, 1.82) is 0 Å². The summed E-state index contributed by atoms with van der Waals surface area (Å²) in [5, 5.41) is 2.60. The summed E-state index contributed by atoms with van der Waals surface area (Å²) in [6.07, 6.45) is -3.20. The van der Waals surface area contributed by atoms with Gasteiger partial charge < -0.3 is 5.32 Å². The van der Waals surface area contributed by atoms with Crippen molar-refractivity contribution in [1.82, 2.24) is 0 Å². The van der Waals surface area contributed by atoms with E-state index in [9.17, 15) is 18.0 Å². The first-order chi connectivity index (χ1) is 7.81. The molecule has 0 bridgehead atoms. The number of hydrogen-bond donors (Lipinski definition) is 1. The summed E-state index contributed by atoms with van der Waals surface area (Å²) in [6.45, 7) is 4.73. The van der Waals surface area contributed by atoms with Crippen LogP contribution in [0.5, 0.6) is 0 Å². The first kappa shape index (κ1) is 13.3. The standard InChI is InChI=1S/C12H12F3NO/c1-4-8-5-9(12(13,14)15)6-10(16-3)11(8)7(2)17/h4-6,16H,1H2,2-3H3. The van der Waals surface area contributed by atoms with Crippen LogP contribution in [-0.2, 0) is 6.18 Å². The summed E-state index contributed by atoms with van der Waals surface area (Å²) in [5.41, 5.74) is -0.254. The zero-order valence-electron chi connectivity index (χ0n) is 9.48. The van der Waals surface area contributed by atoms with Crippen molar-refractivity contribution in [2.24, 2.45) is 0 Å². The molecule has 0 fully saturated rings. The second-order valence-electron chi connectivity index (χ2n) is 3.50. The van der Waals surface area contributed by atoms with Crippen LogP contribution in [0.25, 0.3) is 6.08 Å². The van der Waals surface area contributed by atoms with Gasteiger partial charge in [0.25, 0.3) is 0 Å². The van der Waals surface area contributed by atoms with Crippen molar-refractivity contribution in [3.63, 3.8) is 0 Å². The lowest BCUT2D eigenvalue weighted by atomic mass is 9.98. The lowest BCUT2D eigenvalue weighted by molar-refractivity contribution is -0.137. The van der Waals surface area contributed by atoms with E-state index < -0.39 is 11.7 Å². The summed E-state index contributed by atoms with van der Waals surface area (Å²) in [7, 11) is 1.47. The van der Waals surface area contributed by atoms with Crippen LogP contribution in [0.4, 0.5) is 18.9 Å². The first-order valence-corrected chi connectivity index (χ1v) is 4.87. The molecule has 1 aromatic rings. The molecule has 1 aromatic carbocycles. The van der Waals surface area contributed by atoms with Gasteiger partial charge in [-0.05, 0) is 24.6 Å². The van der Waals surface area contributed by atoms with E-state index in [-0.39, 0.29) is 22.6 Å². The Morgan fingerprint density at radius 3 is 2.35 bits per heavy atom. The van der Waals surface area contributed by atoms with Crippen molar-refractivity contribution in [3.05, 3.63) is 35.4 Å². The van der Waals surface area contributed by atoms with Crippen LogP contribution < -0.4 is 5.32 Å². The molecule has 92 valence electrons. The van der Waals surface area contributed by atoms with Crippen molar-refractivity contribution in [2.45, 2.75) is 13.1 Å². The Morgan fingerprint density at radius 1 is 1.41 bits per heavy atom. The average molecular weight is 243 g/mol. The third-order valence-electron chi connectivity index (χ3n) is 2.34. The van der Waals surface area contributed by atoms with Gasteiger partial charge >= 0.3 is 6.18 Å². The fourth-order valence-electron chi connectivity index (χ4n) is 1.58. The highest BCUT2D eigenvalue weighted by molar-refractivity contribution is 6.03. The minimum Gasteiger partial charge on any atom is -0.388 e. The van der Waals surface area contributed by atoms with E-state index in [1.807, 2.05) is 0 Å². The molecule has 0 saturated heterocycles. The Morgan fingerprint density at radius 2 is 2.00 bits per heavy atom. The van der Waals surface area contributed by atoms with Crippen molar-refractivity contribution < 1.29 is 18.0 Å². The Balaban J connectivity index is 3.56. The Kier molecular flexibility index (Phi) is 3.60. The molecule has 0 spiro atoms. The Bertz CT molecular complexity index is 464. The van der Waals surface area contributed by atoms with Crippen LogP contribution in [-0.4, -0.2) is 12.8 Å². The average Bonchev–Trinajstić information content (AvgIpc) is 2.25. The maximum Gasteiger partial charge on any atom is 0.416 e. The third-order valence-corrected chi connectivity index (χ3v) is 2.34. The Hall–Kier alpha value is -1.78. The summed E-state index contributed by atoms with van der Waals surface area (Å²) in [4.78, 5) is 11.4. The van der Waals surface area contributed by atoms with Crippen molar-refractivity contribution in [2.75, 3.05) is 12.4 Å². The minimum atomic E-state index is -4.45. The number of ketones is 1. The predicted molar refractivity (Wildman–Crippen MR) is 61.1 cm³/mol. The second kappa shape index (κ2) is 4.61. The highest BCUT2D eigenvalue weighted by atomic mass is 19.4. The number of halogens is 3. The highest BCUT2D eigenvalue weighted by Crippen LogP contribution is 2.34. The summed E-state index contributed by atoms with van der Waals surface area (Å²) in [5.74, 6) is -0.307. The van der Waals surface area contributed by atoms with Crippen LogP contribution in [0.3, 0.4) is 0 Å². The molecule has 1 N–H and O–H groups in total. The normalized spacial score (nSPS) is 11.1. The molecule has 2 nitrogen and oxygen atoms in total. The van der Waals surface area contributed by atoms with Crippen LogP contribution >= 0.6 is 0 Å². The number of carbonyl (C=O) groups is 1. The number of alkyl halides is 3. The number of anilines is 1. The van der Waals surface area contributed by atoms with Crippen molar-refractivity contribution >= 4 is 17.5 Å². The lowest BCUT2D eigenvalue weighted by Crippen LogP contribution is -2.10. The van der Waals surface area contributed by atoms with Gasteiger partial charge in [-0.2, -0.15) is 13.2 Å². The van der Waals surface area contributed by atoms with Gasteiger partial charge in [0.15, 0.2) is 5.78 Å². The van der Waals surface area contributed by atoms with E-state index in [0.29, 0.717) is 0 Å². The summed E-state index contributed by atoms with van der Waals surface area (Å²) >= 11 is 0. The largest absolute Gasteiger partial charge is 0.416 e. The molecule has 0 aromatic heterocycles. The number of nitrogens with one attached hydrogen (secondary N) is 1. The van der Waals surface area contributed by atoms with Crippen LogP contribution in [0.15, 0.2) is 18.7 Å². The number of Topliss-reactive ketones (excluding diaryl/α,β-unsaturated/α-hetero) is 1. The zero-order chi connectivity index (χ0) is 13.2. The molecule has 0 aliphatic carbocycles. The van der Waals surface area contributed by atoms with E-state index in [1.54, 1.807) is 0 Å². The van der Waals surface area contributed by atoms with Gasteiger partial charge in [-0.15, -0.1) is 0 Å². The van der Waals surface area contributed by atoms with E-state index in [1.165, 1.54) is 20.0 Å². The fourth-order valence-corrected chi connectivity index (χ4v) is 1.58. The minimum absolute atomic E-state index is 0.155. The van der Waals surface area contributed by atoms with Gasteiger partial charge in [-0.3, -0.25) is 4.79 Å². The van der Waals surface area contributed by atoms with Crippen LogP contribution in [0.1, 0.15) is 28.4 Å². The van der Waals surface area contributed by atoms with E-state index in [2.05, 4.69) is 11.9 Å². The van der Waals surface area contributed by atoms with Gasteiger partial charge in [0.05, 0.1) is 5.56 Å². The molecule has 0 aliphatic rings. The molecule has 0 amide bonds. The molecule has 0 heterocycles. The predicted octanol–water partition coefficient (Wildman–Crippen LogP) is 3.59. The zero-order valence-corrected chi connectivity index (χ0v) is 9.48. The van der Waals surface area contributed by atoms with Crippen LogP contribution in [0, 0.1) is 0 Å². The first-order valence-electron chi connectivity index (χ1n) is 4.87. The summed E-state index contributed by atoms with van der Waals surface area (Å²) in [6, 6.07) is 1.84. The molecule has 0 unspecified atom stereocenters. The molecule has 0 radical (unpaired) electrons. The molecule has 0 aliphatic heterocycles. The van der Waals surface area contributed by atoms with Gasteiger partial charge in [-0.1, -0.05) is 12.7 Å². The second-order valence-corrected chi connectivity index (χ2v) is 3.50. The molecule has 0 atom stereocenters. The van der Waals surface area contributed by atoms with Crippen molar-refractivity contribution in [3.8, 4) is 0 Å². The van der Waals surface area contributed by atoms with Crippen LogP contribution in [0.2, 0.25) is 0 Å². The Labute approximate surface area is 97.1 Å².